The van der Waals surface area contributed by atoms with Crippen molar-refractivity contribution in [3.63, 3.8) is 0 Å². The molecule has 1 aromatic carbocycles. The van der Waals surface area contributed by atoms with Crippen LogP contribution in [0.25, 0.3) is 11.3 Å². The number of thiocarbonyl (C=S) groups is 1. The van der Waals surface area contributed by atoms with Gasteiger partial charge in [0, 0.05) is 18.3 Å². The van der Waals surface area contributed by atoms with Gasteiger partial charge in [-0.05, 0) is 55.5 Å². The minimum atomic E-state index is -0.0934. The van der Waals surface area contributed by atoms with Gasteiger partial charge in [0.1, 0.15) is 17.6 Å². The minimum Gasteiger partial charge on any atom is -0.459 e. The maximum absolute atomic E-state index is 6.35. The first-order valence-electron chi connectivity index (χ1n) is 8.62. The van der Waals surface area contributed by atoms with E-state index in [-0.39, 0.29) is 12.1 Å². The topological polar surface area (TPSA) is 41.3 Å². The maximum Gasteiger partial charge on any atom is 0.170 e. The number of halogens is 2. The Morgan fingerprint density at radius 1 is 1.15 bits per heavy atom. The average Bonchev–Trinajstić information content (AvgIpc) is 3.28. The third kappa shape index (κ3) is 3.31. The number of nitrogens with one attached hydrogen (secondary N) is 1. The van der Waals surface area contributed by atoms with Crippen LogP contribution in [0.3, 0.4) is 0 Å². The molecule has 0 amide bonds. The molecule has 7 heteroatoms. The number of nitrogens with zero attached hydrogens (tertiary/aromatic N) is 2. The lowest BCUT2D eigenvalue weighted by atomic mass is 10.0. The molecular weight excluding hydrogens is 401 g/mol. The van der Waals surface area contributed by atoms with Crippen molar-refractivity contribution in [2.75, 3.05) is 6.54 Å². The van der Waals surface area contributed by atoms with Crippen LogP contribution in [0.5, 0.6) is 0 Å². The fraction of sp³-hybridized carbons (Fsp3) is 0.200. The number of aromatic nitrogens is 1. The highest BCUT2D eigenvalue weighted by Gasteiger charge is 2.40. The van der Waals surface area contributed by atoms with E-state index in [1.165, 1.54) is 0 Å². The van der Waals surface area contributed by atoms with E-state index in [9.17, 15) is 0 Å². The third-order valence-electron chi connectivity index (χ3n) is 4.67. The van der Waals surface area contributed by atoms with Gasteiger partial charge in [0.05, 0.1) is 21.8 Å². The summed E-state index contributed by atoms with van der Waals surface area (Å²) in [5.41, 5.74) is 1.68. The molecule has 2 aromatic heterocycles. The molecule has 3 heterocycles. The van der Waals surface area contributed by atoms with E-state index in [4.69, 9.17) is 39.8 Å². The van der Waals surface area contributed by atoms with Crippen LogP contribution in [-0.4, -0.2) is 21.5 Å². The molecule has 27 heavy (non-hydrogen) atoms. The van der Waals surface area contributed by atoms with Gasteiger partial charge in [-0.3, -0.25) is 4.98 Å². The Morgan fingerprint density at radius 2 is 2.00 bits per heavy atom. The van der Waals surface area contributed by atoms with E-state index in [0.717, 1.165) is 23.6 Å². The summed E-state index contributed by atoms with van der Waals surface area (Å²) in [5, 5.41) is 5.05. The summed E-state index contributed by atoms with van der Waals surface area (Å²) in [6, 6.07) is 15.1. The zero-order valence-corrected chi connectivity index (χ0v) is 16.9. The number of hydrogen-bond acceptors (Lipinski definition) is 3. The van der Waals surface area contributed by atoms with Crippen LogP contribution in [0.4, 0.5) is 0 Å². The number of pyridine rings is 1. The molecule has 0 bridgehead atoms. The number of hydrogen-bond donors (Lipinski definition) is 1. The molecule has 0 spiro atoms. The number of rotatable bonds is 4. The number of furan rings is 1. The van der Waals surface area contributed by atoms with Crippen molar-refractivity contribution in [2.45, 2.75) is 19.0 Å². The Bertz CT molecular complexity index is 976. The lowest BCUT2D eigenvalue weighted by Crippen LogP contribution is -2.29. The van der Waals surface area contributed by atoms with Gasteiger partial charge in [0.25, 0.3) is 0 Å². The molecular formula is C20H17Cl2N3OS. The predicted octanol–water partition coefficient (Wildman–Crippen LogP) is 5.64. The summed E-state index contributed by atoms with van der Waals surface area (Å²) in [6.07, 6.45) is 1.78. The Hall–Kier alpha value is -2.08. The molecule has 1 saturated heterocycles. The average molecular weight is 418 g/mol. The Morgan fingerprint density at radius 3 is 2.74 bits per heavy atom. The van der Waals surface area contributed by atoms with Crippen LogP contribution in [-0.2, 0) is 0 Å². The molecule has 0 aliphatic carbocycles. The normalized spacial score (nSPS) is 19.4. The van der Waals surface area contributed by atoms with Crippen LogP contribution < -0.4 is 5.32 Å². The molecule has 3 aromatic rings. The molecule has 4 nitrogen and oxygen atoms in total. The highest BCUT2D eigenvalue weighted by atomic mass is 35.5. The smallest absolute Gasteiger partial charge is 0.170 e. The van der Waals surface area contributed by atoms with E-state index in [2.05, 4.69) is 22.1 Å². The Labute approximate surface area is 173 Å². The van der Waals surface area contributed by atoms with Crippen molar-refractivity contribution in [1.29, 1.82) is 0 Å². The van der Waals surface area contributed by atoms with E-state index in [1.54, 1.807) is 12.3 Å². The van der Waals surface area contributed by atoms with Gasteiger partial charge in [-0.1, -0.05) is 35.3 Å². The second-order valence-electron chi connectivity index (χ2n) is 6.22. The van der Waals surface area contributed by atoms with Crippen molar-refractivity contribution in [3.8, 4) is 11.3 Å². The molecule has 0 saturated carbocycles. The third-order valence-corrected chi connectivity index (χ3v) is 5.85. The second-order valence-corrected chi connectivity index (χ2v) is 7.39. The molecule has 2 atom stereocenters. The van der Waals surface area contributed by atoms with Crippen molar-refractivity contribution in [2.24, 2.45) is 0 Å². The quantitative estimate of drug-likeness (QED) is 0.556. The van der Waals surface area contributed by atoms with Gasteiger partial charge in [-0.2, -0.15) is 0 Å². The minimum absolute atomic E-state index is 0.0903. The molecule has 1 fully saturated rings. The summed E-state index contributed by atoms with van der Waals surface area (Å²) in [7, 11) is 0. The summed E-state index contributed by atoms with van der Waals surface area (Å²) < 4.78 is 6.21. The van der Waals surface area contributed by atoms with Crippen LogP contribution in [0.2, 0.25) is 10.0 Å². The zero-order chi connectivity index (χ0) is 19.0. The van der Waals surface area contributed by atoms with Crippen molar-refractivity contribution in [1.82, 2.24) is 15.2 Å². The standard InChI is InChI=1S/C20H17Cl2N3OS/c1-2-25-19(18(24-20(25)27)14-8-3-4-11-23-14)16-10-9-15(26-16)12-6-5-7-13(21)17(12)22/h3-11,18-19H,2H2,1H3,(H,24,27). The molecule has 4 rings (SSSR count). The van der Waals surface area contributed by atoms with Gasteiger partial charge in [-0.15, -0.1) is 0 Å². The maximum atomic E-state index is 6.35. The fourth-order valence-corrected chi connectivity index (χ4v) is 4.17. The van der Waals surface area contributed by atoms with Crippen LogP contribution in [0, 0.1) is 0 Å². The van der Waals surface area contributed by atoms with E-state index < -0.39 is 0 Å². The van der Waals surface area contributed by atoms with Gasteiger partial charge in [0.15, 0.2) is 5.11 Å². The summed E-state index contributed by atoms with van der Waals surface area (Å²) >= 11 is 18.0. The lowest BCUT2D eigenvalue weighted by Gasteiger charge is -2.24. The molecule has 1 N–H and O–H groups in total. The molecule has 2 unspecified atom stereocenters. The molecule has 0 radical (unpaired) electrons. The van der Waals surface area contributed by atoms with Crippen molar-refractivity contribution in [3.05, 3.63) is 76.2 Å². The fourth-order valence-electron chi connectivity index (χ4n) is 3.41. The van der Waals surface area contributed by atoms with Crippen LogP contribution >= 0.6 is 35.4 Å². The Balaban J connectivity index is 1.75. The largest absolute Gasteiger partial charge is 0.459 e. The first-order chi connectivity index (χ1) is 13.1. The Kier molecular flexibility index (Phi) is 5.08. The van der Waals surface area contributed by atoms with Crippen molar-refractivity contribution < 1.29 is 4.42 Å². The lowest BCUT2D eigenvalue weighted by molar-refractivity contribution is 0.284. The van der Waals surface area contributed by atoms with E-state index in [0.29, 0.717) is 20.9 Å². The molecule has 1 aliphatic heterocycles. The van der Waals surface area contributed by atoms with E-state index >= 15 is 0 Å². The first-order valence-corrected chi connectivity index (χ1v) is 9.78. The highest BCUT2D eigenvalue weighted by Crippen LogP contribution is 2.41. The van der Waals surface area contributed by atoms with Gasteiger partial charge in [-0.25, -0.2) is 0 Å². The van der Waals surface area contributed by atoms with Gasteiger partial charge in [0.2, 0.25) is 0 Å². The molecule has 1 aliphatic rings. The number of likely N-dealkylation sites (N-methyl/N-ethyl adjacent to an activating group) is 1. The second kappa shape index (κ2) is 7.50. The summed E-state index contributed by atoms with van der Waals surface area (Å²) in [6.45, 7) is 2.83. The highest BCUT2D eigenvalue weighted by molar-refractivity contribution is 7.80. The number of benzene rings is 1. The van der Waals surface area contributed by atoms with Crippen LogP contribution in [0.15, 0.2) is 59.1 Å². The SMILES string of the molecule is CCN1C(=S)NC(c2ccccn2)C1c1ccc(-c2cccc(Cl)c2Cl)o1. The van der Waals surface area contributed by atoms with E-state index in [1.807, 2.05) is 42.5 Å². The monoisotopic (exact) mass is 417 g/mol. The van der Waals surface area contributed by atoms with Gasteiger partial charge >= 0.3 is 0 Å². The zero-order valence-electron chi connectivity index (χ0n) is 14.5. The van der Waals surface area contributed by atoms with Gasteiger partial charge < -0.3 is 14.6 Å². The van der Waals surface area contributed by atoms with Crippen molar-refractivity contribution >= 4 is 40.5 Å². The predicted molar refractivity (Wildman–Crippen MR) is 112 cm³/mol. The summed E-state index contributed by atoms with van der Waals surface area (Å²) in [5.74, 6) is 1.47. The first kappa shape index (κ1) is 18.3. The molecule has 138 valence electrons. The summed E-state index contributed by atoms with van der Waals surface area (Å²) in [4.78, 5) is 6.61. The van der Waals surface area contributed by atoms with Crippen LogP contribution in [0.1, 0.15) is 30.5 Å².